The Bertz CT molecular complexity index is 902. The van der Waals surface area contributed by atoms with Crippen LogP contribution < -0.4 is 4.74 Å². The summed E-state index contributed by atoms with van der Waals surface area (Å²) in [4.78, 5) is 6.67. The predicted molar refractivity (Wildman–Crippen MR) is 114 cm³/mol. The summed E-state index contributed by atoms with van der Waals surface area (Å²) in [5.41, 5.74) is 2.50. The highest BCUT2D eigenvalue weighted by Gasteiger charge is 2.33. The summed E-state index contributed by atoms with van der Waals surface area (Å²) < 4.78 is 19.2. The van der Waals surface area contributed by atoms with Crippen LogP contribution in [-0.2, 0) is 6.54 Å². The first-order chi connectivity index (χ1) is 14.2. The van der Waals surface area contributed by atoms with Gasteiger partial charge in [-0.15, -0.1) is 0 Å². The molecule has 0 saturated carbocycles. The second kappa shape index (κ2) is 9.38. The first-order valence-electron chi connectivity index (χ1n) is 9.93. The molecule has 1 aliphatic rings. The van der Waals surface area contributed by atoms with Crippen molar-refractivity contribution in [3.8, 4) is 5.88 Å². The van der Waals surface area contributed by atoms with Crippen LogP contribution >= 0.6 is 11.6 Å². The van der Waals surface area contributed by atoms with Crippen molar-refractivity contribution >= 4 is 11.6 Å². The largest absolute Gasteiger partial charge is 0.478 e. The Morgan fingerprint density at radius 3 is 2.52 bits per heavy atom. The van der Waals surface area contributed by atoms with E-state index >= 15 is 0 Å². The molecule has 4 rings (SSSR count). The second-order valence-electron chi connectivity index (χ2n) is 7.55. The van der Waals surface area contributed by atoms with Crippen LogP contribution in [-0.4, -0.2) is 29.6 Å². The van der Waals surface area contributed by atoms with Crippen LogP contribution in [0.1, 0.15) is 23.5 Å². The fraction of sp³-hybridized carbons (Fsp3) is 0.292. The zero-order valence-electron chi connectivity index (χ0n) is 16.2. The lowest BCUT2D eigenvalue weighted by Crippen LogP contribution is -2.20. The molecule has 1 unspecified atom stereocenters. The van der Waals surface area contributed by atoms with Gasteiger partial charge in [0.1, 0.15) is 5.82 Å². The summed E-state index contributed by atoms with van der Waals surface area (Å²) in [6.45, 7) is 3.48. The van der Waals surface area contributed by atoms with Gasteiger partial charge in [-0.3, -0.25) is 4.90 Å². The van der Waals surface area contributed by atoms with Crippen molar-refractivity contribution in [2.24, 2.45) is 5.92 Å². The molecule has 5 heteroatoms. The van der Waals surface area contributed by atoms with Crippen molar-refractivity contribution in [3.05, 3.63) is 94.9 Å². The molecule has 150 valence electrons. The number of benzene rings is 2. The number of halogens is 2. The fourth-order valence-corrected chi connectivity index (χ4v) is 4.19. The lowest BCUT2D eigenvalue weighted by Gasteiger charge is -2.19. The lowest BCUT2D eigenvalue weighted by molar-refractivity contribution is 0.256. The molecule has 3 nitrogen and oxygen atoms in total. The quantitative estimate of drug-likeness (QED) is 0.510. The molecule has 0 N–H and O–H groups in total. The van der Waals surface area contributed by atoms with E-state index in [1.54, 1.807) is 30.5 Å². The van der Waals surface area contributed by atoms with E-state index in [1.807, 2.05) is 18.2 Å². The maximum Gasteiger partial charge on any atom is 0.213 e. The number of hydrogen-bond acceptors (Lipinski definition) is 3. The van der Waals surface area contributed by atoms with Gasteiger partial charge in [-0.2, -0.15) is 0 Å². The van der Waals surface area contributed by atoms with Crippen LogP contribution in [0.3, 0.4) is 0 Å². The van der Waals surface area contributed by atoms with Gasteiger partial charge in [0.25, 0.3) is 0 Å². The van der Waals surface area contributed by atoms with Crippen molar-refractivity contribution in [3.63, 3.8) is 0 Å². The molecule has 2 aromatic carbocycles. The zero-order valence-corrected chi connectivity index (χ0v) is 16.9. The number of likely N-dealkylation sites (tertiary alicyclic amines) is 1. The summed E-state index contributed by atoms with van der Waals surface area (Å²) in [7, 11) is 0. The molecule has 1 fully saturated rings. The third-order valence-electron chi connectivity index (χ3n) is 5.50. The van der Waals surface area contributed by atoms with E-state index in [9.17, 15) is 4.39 Å². The van der Waals surface area contributed by atoms with Gasteiger partial charge in [0.15, 0.2) is 0 Å². The number of nitrogens with zero attached hydrogens (tertiary/aromatic N) is 2. The topological polar surface area (TPSA) is 25.4 Å². The van der Waals surface area contributed by atoms with Crippen LogP contribution in [0.2, 0.25) is 5.02 Å². The van der Waals surface area contributed by atoms with E-state index < -0.39 is 0 Å². The van der Waals surface area contributed by atoms with Gasteiger partial charge in [-0.1, -0.05) is 54.1 Å². The van der Waals surface area contributed by atoms with Crippen LogP contribution in [0.25, 0.3) is 0 Å². The Hall–Kier alpha value is -2.43. The summed E-state index contributed by atoms with van der Waals surface area (Å²) in [6, 6.07) is 21.0. The third-order valence-corrected chi connectivity index (χ3v) is 5.73. The van der Waals surface area contributed by atoms with Crippen molar-refractivity contribution < 1.29 is 9.13 Å². The lowest BCUT2D eigenvalue weighted by atomic mass is 9.87. The Kier molecular flexibility index (Phi) is 6.43. The highest BCUT2D eigenvalue weighted by molar-refractivity contribution is 6.30. The van der Waals surface area contributed by atoms with Crippen LogP contribution in [0, 0.1) is 11.7 Å². The minimum Gasteiger partial charge on any atom is -0.478 e. The van der Waals surface area contributed by atoms with Gasteiger partial charge < -0.3 is 4.74 Å². The van der Waals surface area contributed by atoms with Gasteiger partial charge in [0.05, 0.1) is 11.6 Å². The maximum atomic E-state index is 13.4. The molecule has 0 bridgehead atoms. The van der Waals surface area contributed by atoms with Crippen LogP contribution in [0.5, 0.6) is 5.88 Å². The summed E-state index contributed by atoms with van der Waals surface area (Å²) in [5.74, 6) is 1.20. The molecule has 2 atom stereocenters. The fourth-order valence-electron chi connectivity index (χ4n) is 4.07. The SMILES string of the molecule is Fc1ccc([C@H]2CN(Cc3ccccc3)CC2CCOc2ccc(Cl)cn2)cc1. The average molecular weight is 411 g/mol. The van der Waals surface area contributed by atoms with E-state index in [0.717, 1.165) is 26.1 Å². The van der Waals surface area contributed by atoms with E-state index in [0.29, 0.717) is 29.3 Å². The molecule has 1 aliphatic heterocycles. The smallest absolute Gasteiger partial charge is 0.213 e. The molecule has 3 aromatic rings. The number of hydrogen-bond donors (Lipinski definition) is 0. The van der Waals surface area contributed by atoms with Crippen LogP contribution in [0.4, 0.5) is 4.39 Å². The Labute approximate surface area is 176 Å². The molecule has 29 heavy (non-hydrogen) atoms. The Morgan fingerprint density at radius 1 is 1.00 bits per heavy atom. The number of pyridine rings is 1. The Morgan fingerprint density at radius 2 is 1.79 bits per heavy atom. The monoisotopic (exact) mass is 410 g/mol. The number of ether oxygens (including phenoxy) is 1. The zero-order chi connectivity index (χ0) is 20.1. The Balaban J connectivity index is 1.42. The average Bonchev–Trinajstić information content (AvgIpc) is 3.13. The van der Waals surface area contributed by atoms with E-state index in [1.165, 1.54) is 11.1 Å². The maximum absolute atomic E-state index is 13.4. The van der Waals surface area contributed by atoms with Gasteiger partial charge in [-0.25, -0.2) is 9.37 Å². The molecular weight excluding hydrogens is 387 g/mol. The second-order valence-corrected chi connectivity index (χ2v) is 7.99. The first kappa shape index (κ1) is 19.9. The van der Waals surface area contributed by atoms with Crippen LogP contribution in [0.15, 0.2) is 72.9 Å². The molecule has 1 aromatic heterocycles. The molecule has 0 spiro atoms. The summed E-state index contributed by atoms with van der Waals surface area (Å²) >= 11 is 5.88. The molecule has 2 heterocycles. The third kappa shape index (κ3) is 5.34. The summed E-state index contributed by atoms with van der Waals surface area (Å²) in [6.07, 6.45) is 2.51. The molecular formula is C24H24ClFN2O. The minimum atomic E-state index is -0.193. The first-order valence-corrected chi connectivity index (χ1v) is 10.3. The molecule has 0 aliphatic carbocycles. The van der Waals surface area contributed by atoms with Gasteiger partial charge in [0.2, 0.25) is 5.88 Å². The van der Waals surface area contributed by atoms with Crippen molar-refractivity contribution in [2.75, 3.05) is 19.7 Å². The van der Waals surface area contributed by atoms with Gasteiger partial charge in [-0.05, 0) is 41.7 Å². The molecule has 0 amide bonds. The van der Waals surface area contributed by atoms with E-state index in [4.69, 9.17) is 16.3 Å². The minimum absolute atomic E-state index is 0.193. The number of aromatic nitrogens is 1. The molecule has 1 saturated heterocycles. The predicted octanol–water partition coefficient (Wildman–Crippen LogP) is 5.56. The highest BCUT2D eigenvalue weighted by Crippen LogP contribution is 2.35. The van der Waals surface area contributed by atoms with E-state index in [-0.39, 0.29) is 5.82 Å². The van der Waals surface area contributed by atoms with Gasteiger partial charge in [0, 0.05) is 37.8 Å². The molecule has 0 radical (unpaired) electrons. The summed E-state index contributed by atoms with van der Waals surface area (Å²) in [5, 5.41) is 0.598. The number of rotatable bonds is 7. The van der Waals surface area contributed by atoms with Gasteiger partial charge >= 0.3 is 0 Å². The highest BCUT2D eigenvalue weighted by atomic mass is 35.5. The standard InChI is InChI=1S/C24H24ClFN2O/c25-21-8-11-24(27-14-21)29-13-12-20-16-28(15-18-4-2-1-3-5-18)17-23(20)19-6-9-22(26)10-7-19/h1-11,14,20,23H,12-13,15-17H2/t20?,23-/m1/s1. The van der Waals surface area contributed by atoms with Crippen molar-refractivity contribution in [2.45, 2.75) is 18.9 Å². The van der Waals surface area contributed by atoms with Crippen molar-refractivity contribution in [1.29, 1.82) is 0 Å². The normalized spacial score (nSPS) is 19.4. The van der Waals surface area contributed by atoms with E-state index in [2.05, 4.69) is 34.1 Å². The van der Waals surface area contributed by atoms with Crippen molar-refractivity contribution in [1.82, 2.24) is 9.88 Å².